The number of ether oxygens (including phenoxy) is 1. The van der Waals surface area contributed by atoms with E-state index in [4.69, 9.17) is 4.74 Å². The molecule has 11 heteroatoms. The van der Waals surface area contributed by atoms with E-state index in [-0.39, 0.29) is 17.4 Å². The zero-order valence-electron chi connectivity index (χ0n) is 23.7. The van der Waals surface area contributed by atoms with Crippen LogP contribution in [-0.2, 0) is 27.7 Å². The Morgan fingerprint density at radius 2 is 1.93 bits per heavy atom. The second kappa shape index (κ2) is 11.6. The van der Waals surface area contributed by atoms with E-state index in [1.54, 1.807) is 29.1 Å². The van der Waals surface area contributed by atoms with Crippen molar-refractivity contribution in [2.24, 2.45) is 0 Å². The van der Waals surface area contributed by atoms with Crippen LogP contribution >= 0.6 is 0 Å². The highest BCUT2D eigenvalue weighted by molar-refractivity contribution is 7.89. The Labute approximate surface area is 245 Å². The molecule has 2 atom stereocenters. The van der Waals surface area contributed by atoms with Gasteiger partial charge in [-0.05, 0) is 54.5 Å². The summed E-state index contributed by atoms with van der Waals surface area (Å²) in [6, 6.07) is 17.8. The third kappa shape index (κ3) is 5.49. The monoisotopic (exact) mass is 586 g/mol. The molecular formula is C31H34N6O4S. The number of fused-ring (bicyclic) bond motifs is 2. The number of nitrogens with zero attached hydrogens (tertiary/aromatic N) is 5. The molecule has 0 aliphatic carbocycles. The van der Waals surface area contributed by atoms with Crippen molar-refractivity contribution in [2.45, 2.75) is 43.2 Å². The van der Waals surface area contributed by atoms with E-state index < -0.39 is 22.0 Å². The van der Waals surface area contributed by atoms with Gasteiger partial charge in [-0.3, -0.25) is 9.10 Å². The van der Waals surface area contributed by atoms with Crippen molar-refractivity contribution in [1.29, 1.82) is 0 Å². The number of benzene rings is 3. The topological polar surface area (TPSA) is 110 Å². The molecule has 1 amide bonds. The van der Waals surface area contributed by atoms with E-state index in [9.17, 15) is 13.2 Å². The molecule has 218 valence electrons. The maximum atomic E-state index is 13.7. The summed E-state index contributed by atoms with van der Waals surface area (Å²) in [5.41, 5.74) is 2.78. The molecule has 0 saturated heterocycles. The van der Waals surface area contributed by atoms with Gasteiger partial charge in [-0.25, -0.2) is 13.1 Å². The molecule has 0 radical (unpaired) electrons. The number of sulfonamides is 1. The molecular weight excluding hydrogens is 552 g/mol. The van der Waals surface area contributed by atoms with Crippen LogP contribution in [-0.4, -0.2) is 71.3 Å². The van der Waals surface area contributed by atoms with Crippen LogP contribution in [0, 0.1) is 0 Å². The minimum atomic E-state index is -4.01. The molecule has 2 unspecified atom stereocenters. The van der Waals surface area contributed by atoms with Gasteiger partial charge < -0.3 is 15.0 Å². The smallest absolute Gasteiger partial charge is 0.264 e. The lowest BCUT2D eigenvalue weighted by Crippen LogP contribution is -2.50. The SMILES string of the molecule is CCN(C)CCc1ccc2c(c1)OCCC2n1cc(CC2C(=O)NC=CN2S(=O)(=O)c2ccc3ccccc3c2)nn1. The fraction of sp³-hybridized carbons (Fsp3) is 0.323. The normalized spacial score (nSPS) is 18.6. The average Bonchev–Trinajstić information content (AvgIpc) is 3.48. The molecule has 1 aromatic heterocycles. The zero-order valence-corrected chi connectivity index (χ0v) is 24.5. The van der Waals surface area contributed by atoms with Gasteiger partial charge in [-0.15, -0.1) is 5.10 Å². The summed E-state index contributed by atoms with van der Waals surface area (Å²) in [5.74, 6) is 0.429. The van der Waals surface area contributed by atoms with Gasteiger partial charge in [0.05, 0.1) is 23.2 Å². The van der Waals surface area contributed by atoms with Crippen LogP contribution in [0.2, 0.25) is 0 Å². The van der Waals surface area contributed by atoms with Gasteiger partial charge in [0.25, 0.3) is 10.0 Å². The highest BCUT2D eigenvalue weighted by Gasteiger charge is 2.36. The quantitative estimate of drug-likeness (QED) is 0.320. The summed E-state index contributed by atoms with van der Waals surface area (Å²) < 4.78 is 36.4. The van der Waals surface area contributed by atoms with Gasteiger partial charge in [0, 0.05) is 43.5 Å². The first-order valence-electron chi connectivity index (χ1n) is 14.2. The fourth-order valence-electron chi connectivity index (χ4n) is 5.47. The van der Waals surface area contributed by atoms with E-state index in [1.807, 2.05) is 24.3 Å². The standard InChI is InChI=1S/C31H34N6O4S/c1-3-35(2)15-12-22-8-11-27-28(13-17-41-30(27)18-22)36-21-25(33-34-36)20-29-31(38)32-14-16-37(29)42(39,40)26-10-9-23-6-4-5-7-24(23)19-26/h4-11,14,16,18-19,21,28-29H,3,12-13,15,17,20H2,1-2H3,(H,32,38). The van der Waals surface area contributed by atoms with Crippen molar-refractivity contribution in [3.8, 4) is 5.75 Å². The highest BCUT2D eigenvalue weighted by atomic mass is 32.2. The van der Waals surface area contributed by atoms with Crippen LogP contribution in [0.3, 0.4) is 0 Å². The first-order chi connectivity index (χ1) is 20.3. The number of carbonyl (C=O) groups excluding carboxylic acids is 1. The van der Waals surface area contributed by atoms with Crippen molar-refractivity contribution in [2.75, 3.05) is 26.7 Å². The first kappa shape index (κ1) is 27.9. The third-order valence-electron chi connectivity index (χ3n) is 8.04. The number of likely N-dealkylation sites (N-methyl/N-ethyl adjacent to an activating group) is 1. The molecule has 0 saturated carbocycles. The van der Waals surface area contributed by atoms with Gasteiger partial charge in [0.1, 0.15) is 11.8 Å². The number of hydrogen-bond acceptors (Lipinski definition) is 7. The van der Waals surface area contributed by atoms with Crippen LogP contribution in [0.15, 0.2) is 84.2 Å². The largest absolute Gasteiger partial charge is 0.493 e. The van der Waals surface area contributed by atoms with Crippen molar-refractivity contribution < 1.29 is 17.9 Å². The lowest BCUT2D eigenvalue weighted by molar-refractivity contribution is -0.124. The Kier molecular flexibility index (Phi) is 7.70. The number of aromatic nitrogens is 3. The van der Waals surface area contributed by atoms with Gasteiger partial charge in [0.15, 0.2) is 0 Å². The predicted molar refractivity (Wildman–Crippen MR) is 159 cm³/mol. The van der Waals surface area contributed by atoms with Gasteiger partial charge in [-0.2, -0.15) is 0 Å². The zero-order chi connectivity index (χ0) is 29.3. The predicted octanol–water partition coefficient (Wildman–Crippen LogP) is 3.50. The number of rotatable bonds is 9. The summed E-state index contributed by atoms with van der Waals surface area (Å²) in [4.78, 5) is 15.4. The number of amides is 1. The Morgan fingerprint density at radius 1 is 1.10 bits per heavy atom. The van der Waals surface area contributed by atoms with Crippen molar-refractivity contribution in [3.05, 3.63) is 96.1 Å². The summed E-state index contributed by atoms with van der Waals surface area (Å²) in [5, 5.41) is 13.1. The van der Waals surface area contributed by atoms with Crippen LogP contribution in [0.5, 0.6) is 5.75 Å². The van der Waals surface area contributed by atoms with Crippen LogP contribution in [0.25, 0.3) is 10.8 Å². The molecule has 10 nitrogen and oxygen atoms in total. The lowest BCUT2D eigenvalue weighted by atomic mass is 9.98. The minimum Gasteiger partial charge on any atom is -0.493 e. The summed E-state index contributed by atoms with van der Waals surface area (Å²) in [6.45, 7) is 4.68. The maximum absolute atomic E-state index is 13.7. The second-order valence-corrected chi connectivity index (χ2v) is 12.6. The van der Waals surface area contributed by atoms with Crippen molar-refractivity contribution in [1.82, 2.24) is 29.5 Å². The van der Waals surface area contributed by atoms with E-state index in [1.165, 1.54) is 18.0 Å². The first-order valence-corrected chi connectivity index (χ1v) is 15.6. The molecule has 0 fully saturated rings. The highest BCUT2D eigenvalue weighted by Crippen LogP contribution is 2.35. The van der Waals surface area contributed by atoms with Crippen molar-refractivity contribution >= 4 is 26.7 Å². The van der Waals surface area contributed by atoms with E-state index in [0.717, 1.165) is 52.3 Å². The Hall–Kier alpha value is -4.22. The Morgan fingerprint density at radius 3 is 2.76 bits per heavy atom. The lowest BCUT2D eigenvalue weighted by Gasteiger charge is -2.31. The van der Waals surface area contributed by atoms with Crippen molar-refractivity contribution in [3.63, 3.8) is 0 Å². The number of nitrogens with one attached hydrogen (secondary N) is 1. The van der Waals surface area contributed by atoms with E-state index >= 15 is 0 Å². The number of hydrogen-bond donors (Lipinski definition) is 1. The van der Waals surface area contributed by atoms with Gasteiger partial charge in [-0.1, -0.05) is 54.6 Å². The molecule has 42 heavy (non-hydrogen) atoms. The average molecular weight is 587 g/mol. The van der Waals surface area contributed by atoms with Crippen LogP contribution in [0.4, 0.5) is 0 Å². The number of carbonyl (C=O) groups is 1. The second-order valence-electron chi connectivity index (χ2n) is 10.7. The third-order valence-corrected chi connectivity index (χ3v) is 9.82. The molecule has 0 spiro atoms. The fourth-order valence-corrected chi connectivity index (χ4v) is 6.95. The summed E-state index contributed by atoms with van der Waals surface area (Å²) in [7, 11) is -1.90. The molecule has 3 heterocycles. The van der Waals surface area contributed by atoms with Gasteiger partial charge in [0.2, 0.25) is 5.91 Å². The molecule has 4 aromatic rings. The Bertz CT molecular complexity index is 1750. The van der Waals surface area contributed by atoms with Gasteiger partial charge >= 0.3 is 0 Å². The minimum absolute atomic E-state index is 0.0696. The molecule has 3 aromatic carbocycles. The maximum Gasteiger partial charge on any atom is 0.264 e. The van der Waals surface area contributed by atoms with Crippen LogP contribution in [0.1, 0.15) is 36.2 Å². The Balaban J connectivity index is 1.22. The molecule has 0 bridgehead atoms. The molecule has 2 aliphatic heterocycles. The summed E-state index contributed by atoms with van der Waals surface area (Å²) >= 11 is 0. The summed E-state index contributed by atoms with van der Waals surface area (Å²) in [6.07, 6.45) is 6.28. The van der Waals surface area contributed by atoms with E-state index in [0.29, 0.717) is 12.3 Å². The molecule has 2 aliphatic rings. The molecule has 1 N–H and O–H groups in total. The van der Waals surface area contributed by atoms with E-state index in [2.05, 4.69) is 52.7 Å². The molecule has 6 rings (SSSR count). The van der Waals surface area contributed by atoms with Crippen LogP contribution < -0.4 is 10.1 Å².